The Morgan fingerprint density at radius 3 is 2.35 bits per heavy atom. The van der Waals surface area contributed by atoms with E-state index < -0.39 is 0 Å². The second kappa shape index (κ2) is 4.85. The summed E-state index contributed by atoms with van der Waals surface area (Å²) in [6, 6.07) is 0. The minimum Gasteiger partial charge on any atom is -0.394 e. The third-order valence-corrected chi connectivity index (χ3v) is 6.03. The first kappa shape index (κ1) is 12.8. The number of aromatic nitrogens is 2. The quantitative estimate of drug-likeness (QED) is 0.881. The molecule has 0 saturated heterocycles. The van der Waals surface area contributed by atoms with Gasteiger partial charge in [0.1, 0.15) is 0 Å². The number of aliphatic hydroxyl groups excluding tert-OH is 1. The molecular weight excluding hydrogens is 250 g/mol. The topological polar surface area (TPSA) is 64.1 Å². The molecule has 4 aliphatic rings. The number of aliphatic hydroxyl groups is 1. The summed E-state index contributed by atoms with van der Waals surface area (Å²) < 4.78 is 2.04. The van der Waals surface area contributed by atoms with Gasteiger partial charge in [0.05, 0.1) is 19.3 Å². The van der Waals surface area contributed by atoms with Crippen LogP contribution in [0.4, 0.5) is 0 Å². The van der Waals surface area contributed by atoms with E-state index in [1.54, 1.807) is 0 Å². The zero-order valence-electron chi connectivity index (χ0n) is 12.0. The Bertz CT molecular complexity index is 468. The highest BCUT2D eigenvalue weighted by atomic mass is 16.3. The third kappa shape index (κ3) is 1.85. The summed E-state index contributed by atoms with van der Waals surface area (Å²) in [5, 5.41) is 13.8. The molecule has 3 N–H and O–H groups in total. The number of nitrogens with two attached hydrogens (primary N) is 1. The normalized spacial score (nSPS) is 38.6. The van der Waals surface area contributed by atoms with Crippen molar-refractivity contribution in [3.63, 3.8) is 0 Å². The van der Waals surface area contributed by atoms with E-state index in [2.05, 4.69) is 5.10 Å². The van der Waals surface area contributed by atoms with Crippen LogP contribution in [0.25, 0.3) is 0 Å². The van der Waals surface area contributed by atoms with Gasteiger partial charge in [0.15, 0.2) is 0 Å². The highest BCUT2D eigenvalue weighted by Crippen LogP contribution is 2.60. The standard InChI is InChI=1S/C16H25N3O/c17-8-14-9-18-19(1-2-20)16(14)15-12-4-10-3-11(6-12)7-13(15)5-10/h9-13,15,20H,1-8,17H2. The van der Waals surface area contributed by atoms with Crippen LogP contribution in [0, 0.1) is 23.7 Å². The van der Waals surface area contributed by atoms with Crippen LogP contribution in [-0.2, 0) is 13.1 Å². The van der Waals surface area contributed by atoms with Crippen LogP contribution in [0.5, 0.6) is 0 Å². The van der Waals surface area contributed by atoms with Crippen molar-refractivity contribution >= 4 is 0 Å². The Morgan fingerprint density at radius 2 is 1.80 bits per heavy atom. The molecule has 0 aromatic carbocycles. The van der Waals surface area contributed by atoms with Crippen LogP contribution < -0.4 is 5.73 Å². The molecule has 4 fully saturated rings. The monoisotopic (exact) mass is 275 g/mol. The molecule has 0 amide bonds. The molecule has 0 aliphatic heterocycles. The third-order valence-electron chi connectivity index (χ3n) is 6.03. The zero-order chi connectivity index (χ0) is 13.7. The van der Waals surface area contributed by atoms with Crippen molar-refractivity contribution in [3.8, 4) is 0 Å². The van der Waals surface area contributed by atoms with Crippen LogP contribution in [0.1, 0.15) is 49.3 Å². The van der Waals surface area contributed by atoms with E-state index in [1.165, 1.54) is 43.4 Å². The van der Waals surface area contributed by atoms with Crippen molar-refractivity contribution in [2.24, 2.45) is 29.4 Å². The molecule has 0 spiro atoms. The van der Waals surface area contributed by atoms with Gasteiger partial charge in [0.25, 0.3) is 0 Å². The molecular formula is C16H25N3O. The van der Waals surface area contributed by atoms with Gasteiger partial charge in [-0.3, -0.25) is 4.68 Å². The smallest absolute Gasteiger partial charge is 0.0644 e. The summed E-state index contributed by atoms with van der Waals surface area (Å²) in [5.41, 5.74) is 8.50. The summed E-state index contributed by atoms with van der Waals surface area (Å²) in [6.45, 7) is 1.34. The van der Waals surface area contributed by atoms with E-state index in [9.17, 15) is 5.11 Å². The lowest BCUT2D eigenvalue weighted by molar-refractivity contribution is -0.00615. The van der Waals surface area contributed by atoms with E-state index in [4.69, 9.17) is 5.73 Å². The van der Waals surface area contributed by atoms with Crippen LogP contribution in [0.15, 0.2) is 6.20 Å². The number of nitrogens with zero attached hydrogens (tertiary/aromatic N) is 2. The minimum atomic E-state index is 0.159. The Balaban J connectivity index is 1.71. The number of rotatable bonds is 4. The average Bonchev–Trinajstić information content (AvgIpc) is 2.81. The predicted octanol–water partition coefficient (Wildman–Crippen LogP) is 1.87. The molecule has 0 radical (unpaired) electrons. The summed E-state index contributed by atoms with van der Waals surface area (Å²) in [4.78, 5) is 0. The van der Waals surface area contributed by atoms with Crippen molar-refractivity contribution < 1.29 is 5.11 Å². The Hall–Kier alpha value is -0.870. The second-order valence-corrected chi connectivity index (χ2v) is 7.16. The van der Waals surface area contributed by atoms with E-state index in [-0.39, 0.29) is 6.61 Å². The Morgan fingerprint density at radius 1 is 1.15 bits per heavy atom. The van der Waals surface area contributed by atoms with Gasteiger partial charge in [-0.15, -0.1) is 0 Å². The lowest BCUT2D eigenvalue weighted by Crippen LogP contribution is -2.44. The summed E-state index contributed by atoms with van der Waals surface area (Å²) in [6.07, 6.45) is 9.05. The van der Waals surface area contributed by atoms with Gasteiger partial charge in [0, 0.05) is 23.7 Å². The molecule has 0 unspecified atom stereocenters. The van der Waals surface area contributed by atoms with Gasteiger partial charge >= 0.3 is 0 Å². The van der Waals surface area contributed by atoms with Crippen molar-refractivity contribution in [2.45, 2.75) is 51.1 Å². The van der Waals surface area contributed by atoms with E-state index in [1.807, 2.05) is 10.9 Å². The maximum Gasteiger partial charge on any atom is 0.0644 e. The molecule has 5 rings (SSSR count). The van der Waals surface area contributed by atoms with Crippen molar-refractivity contribution in [2.75, 3.05) is 6.61 Å². The van der Waals surface area contributed by atoms with Gasteiger partial charge in [-0.1, -0.05) is 0 Å². The van der Waals surface area contributed by atoms with Gasteiger partial charge in [-0.25, -0.2) is 0 Å². The summed E-state index contributed by atoms with van der Waals surface area (Å²) >= 11 is 0. The first-order valence-corrected chi connectivity index (χ1v) is 8.15. The lowest BCUT2D eigenvalue weighted by Gasteiger charge is -2.54. The van der Waals surface area contributed by atoms with E-state index >= 15 is 0 Å². The number of hydrogen-bond acceptors (Lipinski definition) is 3. The fourth-order valence-corrected chi connectivity index (χ4v) is 5.62. The molecule has 1 aromatic heterocycles. The first-order chi connectivity index (χ1) is 9.80. The zero-order valence-corrected chi connectivity index (χ0v) is 12.0. The van der Waals surface area contributed by atoms with E-state index in [0.29, 0.717) is 19.0 Å². The van der Waals surface area contributed by atoms with Gasteiger partial charge in [0.2, 0.25) is 0 Å². The summed E-state index contributed by atoms with van der Waals surface area (Å²) in [7, 11) is 0. The van der Waals surface area contributed by atoms with Gasteiger partial charge in [-0.05, 0) is 55.8 Å². The highest BCUT2D eigenvalue weighted by molar-refractivity contribution is 5.26. The first-order valence-electron chi connectivity index (χ1n) is 8.15. The van der Waals surface area contributed by atoms with Crippen molar-refractivity contribution in [1.29, 1.82) is 0 Å². The molecule has 4 bridgehead atoms. The fourth-order valence-electron chi connectivity index (χ4n) is 5.62. The molecule has 20 heavy (non-hydrogen) atoms. The molecule has 4 aliphatic carbocycles. The van der Waals surface area contributed by atoms with Crippen LogP contribution in [-0.4, -0.2) is 21.5 Å². The van der Waals surface area contributed by atoms with Crippen LogP contribution in [0.2, 0.25) is 0 Å². The fraction of sp³-hybridized carbons (Fsp3) is 0.812. The van der Waals surface area contributed by atoms with Crippen molar-refractivity contribution in [1.82, 2.24) is 9.78 Å². The molecule has 1 aromatic rings. The molecule has 0 atom stereocenters. The highest BCUT2D eigenvalue weighted by Gasteiger charge is 2.49. The molecule has 110 valence electrons. The van der Waals surface area contributed by atoms with Gasteiger partial charge in [-0.2, -0.15) is 5.10 Å². The molecule has 4 nitrogen and oxygen atoms in total. The SMILES string of the molecule is NCc1cnn(CCO)c1C1C2CC3CC(C2)CC1C3. The lowest BCUT2D eigenvalue weighted by atomic mass is 9.51. The molecule has 4 saturated carbocycles. The Labute approximate surface area is 120 Å². The van der Waals surface area contributed by atoms with E-state index in [0.717, 1.165) is 23.7 Å². The second-order valence-electron chi connectivity index (χ2n) is 7.16. The van der Waals surface area contributed by atoms with Gasteiger partial charge < -0.3 is 10.8 Å². The Kier molecular flexibility index (Phi) is 3.11. The van der Waals surface area contributed by atoms with Crippen molar-refractivity contribution in [3.05, 3.63) is 17.5 Å². The summed E-state index contributed by atoms with van der Waals surface area (Å²) in [5.74, 6) is 4.31. The van der Waals surface area contributed by atoms with Crippen LogP contribution >= 0.6 is 0 Å². The minimum absolute atomic E-state index is 0.159. The average molecular weight is 275 g/mol. The van der Waals surface area contributed by atoms with Crippen LogP contribution in [0.3, 0.4) is 0 Å². The molecule has 4 heteroatoms. The number of hydrogen-bond donors (Lipinski definition) is 2. The maximum absolute atomic E-state index is 9.28. The predicted molar refractivity (Wildman–Crippen MR) is 77.0 cm³/mol. The largest absolute Gasteiger partial charge is 0.394 e. The molecule has 1 heterocycles. The maximum atomic E-state index is 9.28.